The molecular formula is C21H23N3O. The Labute approximate surface area is 149 Å². The summed E-state index contributed by atoms with van der Waals surface area (Å²) < 4.78 is 0. The van der Waals surface area contributed by atoms with E-state index >= 15 is 0 Å². The van der Waals surface area contributed by atoms with Crippen molar-refractivity contribution in [3.8, 4) is 0 Å². The second kappa shape index (κ2) is 8.64. The number of amides is 1. The van der Waals surface area contributed by atoms with Gasteiger partial charge in [-0.3, -0.25) is 10.2 Å². The number of carbonyl (C=O) groups is 1. The maximum Gasteiger partial charge on any atom is 0.253 e. The van der Waals surface area contributed by atoms with E-state index in [0.29, 0.717) is 23.5 Å². The molecule has 0 atom stereocenters. The maximum atomic E-state index is 12.6. The summed E-state index contributed by atoms with van der Waals surface area (Å²) in [6, 6.07) is 8.04. The molecule has 4 heteroatoms. The molecule has 0 aliphatic carbocycles. The summed E-state index contributed by atoms with van der Waals surface area (Å²) >= 11 is 0. The normalized spacial score (nSPS) is 14.6. The average Bonchev–Trinajstić information content (AvgIpc) is 2.60. The quantitative estimate of drug-likeness (QED) is 0.780. The van der Waals surface area contributed by atoms with Crippen molar-refractivity contribution in [2.24, 2.45) is 5.10 Å². The third kappa shape index (κ3) is 4.91. The molecule has 0 fully saturated rings. The Morgan fingerprint density at radius 2 is 2.20 bits per heavy atom. The molecular weight excluding hydrogens is 310 g/mol. The van der Waals surface area contributed by atoms with E-state index in [1.165, 1.54) is 0 Å². The summed E-state index contributed by atoms with van der Waals surface area (Å²) in [5.74, 6) is -0.190. The molecule has 0 unspecified atom stereocenters. The summed E-state index contributed by atoms with van der Waals surface area (Å²) in [5.41, 5.74) is 7.51. The Morgan fingerprint density at radius 1 is 1.40 bits per heavy atom. The van der Waals surface area contributed by atoms with Gasteiger partial charge in [0.25, 0.3) is 5.91 Å². The van der Waals surface area contributed by atoms with E-state index in [1.807, 2.05) is 56.3 Å². The largest absolute Gasteiger partial charge is 0.348 e. The van der Waals surface area contributed by atoms with Gasteiger partial charge in [-0.15, -0.1) is 0 Å². The van der Waals surface area contributed by atoms with Crippen molar-refractivity contribution in [3.05, 3.63) is 95.8 Å². The zero-order valence-electron chi connectivity index (χ0n) is 14.7. The minimum atomic E-state index is -0.190. The smallest absolute Gasteiger partial charge is 0.253 e. The molecule has 25 heavy (non-hydrogen) atoms. The van der Waals surface area contributed by atoms with Gasteiger partial charge in [-0.1, -0.05) is 67.3 Å². The first-order chi connectivity index (χ1) is 12.0. The molecule has 1 aliphatic heterocycles. The molecule has 0 radical (unpaired) electrons. The molecule has 128 valence electrons. The van der Waals surface area contributed by atoms with Crippen molar-refractivity contribution in [3.63, 3.8) is 0 Å². The fraction of sp³-hybridized carbons (Fsp3) is 0.143. The lowest BCUT2D eigenvalue weighted by Gasteiger charge is -2.17. The first-order valence-corrected chi connectivity index (χ1v) is 8.09. The van der Waals surface area contributed by atoms with Crippen molar-refractivity contribution in [1.29, 1.82) is 0 Å². The van der Waals surface area contributed by atoms with Crippen LogP contribution in [0.2, 0.25) is 0 Å². The van der Waals surface area contributed by atoms with Crippen LogP contribution in [0.4, 0.5) is 0 Å². The van der Waals surface area contributed by atoms with Crippen molar-refractivity contribution in [2.75, 3.05) is 0 Å². The summed E-state index contributed by atoms with van der Waals surface area (Å²) in [6.07, 6.45) is 9.08. The van der Waals surface area contributed by atoms with E-state index in [1.54, 1.807) is 12.2 Å². The molecule has 0 aromatic heterocycles. The lowest BCUT2D eigenvalue weighted by molar-refractivity contribution is -0.117. The molecule has 1 aromatic rings. The van der Waals surface area contributed by atoms with Gasteiger partial charge in [0.05, 0.1) is 17.0 Å². The van der Waals surface area contributed by atoms with E-state index in [4.69, 9.17) is 0 Å². The third-order valence-electron chi connectivity index (χ3n) is 3.64. The number of hydrazone groups is 1. The molecule has 1 aliphatic rings. The fourth-order valence-corrected chi connectivity index (χ4v) is 2.43. The lowest BCUT2D eigenvalue weighted by Crippen LogP contribution is -2.30. The number of carbonyl (C=O) groups excluding carboxylic acids is 1. The van der Waals surface area contributed by atoms with Crippen molar-refractivity contribution in [2.45, 2.75) is 20.4 Å². The van der Waals surface area contributed by atoms with E-state index in [0.717, 1.165) is 16.7 Å². The van der Waals surface area contributed by atoms with E-state index in [-0.39, 0.29) is 5.91 Å². The highest BCUT2D eigenvalue weighted by atomic mass is 16.1. The van der Waals surface area contributed by atoms with E-state index in [9.17, 15) is 4.79 Å². The van der Waals surface area contributed by atoms with Gasteiger partial charge in [0, 0.05) is 12.1 Å². The Morgan fingerprint density at radius 3 is 2.88 bits per heavy atom. The Kier molecular flexibility index (Phi) is 6.29. The van der Waals surface area contributed by atoms with Gasteiger partial charge < -0.3 is 5.32 Å². The van der Waals surface area contributed by atoms with E-state index in [2.05, 4.69) is 29.0 Å². The number of nitrogens with zero attached hydrogens (tertiary/aromatic N) is 1. The summed E-state index contributed by atoms with van der Waals surface area (Å²) in [7, 11) is 0. The molecule has 1 amide bonds. The molecule has 1 heterocycles. The van der Waals surface area contributed by atoms with Crippen molar-refractivity contribution < 1.29 is 4.79 Å². The molecule has 2 N–H and O–H groups in total. The van der Waals surface area contributed by atoms with Crippen molar-refractivity contribution in [1.82, 2.24) is 10.7 Å². The lowest BCUT2D eigenvalue weighted by atomic mass is 10.0. The van der Waals surface area contributed by atoms with Crippen molar-refractivity contribution >= 4 is 11.6 Å². The van der Waals surface area contributed by atoms with E-state index < -0.39 is 0 Å². The second-order valence-corrected chi connectivity index (χ2v) is 5.67. The predicted molar refractivity (Wildman–Crippen MR) is 104 cm³/mol. The van der Waals surface area contributed by atoms with Crippen LogP contribution in [0.3, 0.4) is 0 Å². The van der Waals surface area contributed by atoms with Gasteiger partial charge in [-0.2, -0.15) is 5.10 Å². The Hall–Kier alpha value is -3.14. The molecule has 0 bridgehead atoms. The Bertz CT molecular complexity index is 810. The Balaban J connectivity index is 2.16. The fourth-order valence-electron chi connectivity index (χ4n) is 2.43. The number of hydrogen-bond donors (Lipinski definition) is 2. The molecule has 0 saturated heterocycles. The monoisotopic (exact) mass is 333 g/mol. The predicted octanol–water partition coefficient (Wildman–Crippen LogP) is 3.70. The average molecular weight is 333 g/mol. The molecule has 4 nitrogen and oxygen atoms in total. The third-order valence-corrected chi connectivity index (χ3v) is 3.64. The van der Waals surface area contributed by atoms with Crippen LogP contribution in [-0.2, 0) is 11.3 Å². The number of rotatable bonds is 6. The van der Waals surface area contributed by atoms with Gasteiger partial charge in [-0.25, -0.2) is 0 Å². The van der Waals surface area contributed by atoms with Gasteiger partial charge >= 0.3 is 0 Å². The zero-order chi connectivity index (χ0) is 18.2. The molecule has 0 spiro atoms. The van der Waals surface area contributed by atoms with Crippen LogP contribution in [-0.4, -0.2) is 11.6 Å². The van der Waals surface area contributed by atoms with Gasteiger partial charge in [0.2, 0.25) is 0 Å². The van der Waals surface area contributed by atoms with Crippen LogP contribution in [0.25, 0.3) is 0 Å². The van der Waals surface area contributed by atoms with Crippen LogP contribution in [0.15, 0.2) is 89.7 Å². The summed E-state index contributed by atoms with van der Waals surface area (Å²) in [6.45, 7) is 12.0. The van der Waals surface area contributed by atoms with Crippen LogP contribution in [0.1, 0.15) is 18.1 Å². The molecule has 2 rings (SSSR count). The summed E-state index contributed by atoms with van der Waals surface area (Å²) in [4.78, 5) is 12.6. The minimum Gasteiger partial charge on any atom is -0.348 e. The van der Waals surface area contributed by atoms with Crippen LogP contribution < -0.4 is 10.7 Å². The number of benzene rings is 1. The molecule has 1 aromatic carbocycles. The number of allylic oxidation sites excluding steroid dienone is 6. The van der Waals surface area contributed by atoms with Crippen LogP contribution in [0, 0.1) is 6.92 Å². The standard InChI is InChI=1S/C21H23N3O/c1-5-8-18(9-6-2)20-13-19(16(4)23-24-20)21(25)22-14-17-11-7-10-15(3)12-17/h5-13,23H,1,4,14H2,2-3H3,(H,22,25)/b9-6-,18-8+. The number of nitrogens with one attached hydrogen (secondary N) is 2. The molecule has 0 saturated carbocycles. The second-order valence-electron chi connectivity index (χ2n) is 5.67. The van der Waals surface area contributed by atoms with Gasteiger partial charge in [0.1, 0.15) is 0 Å². The summed E-state index contributed by atoms with van der Waals surface area (Å²) in [5, 5.41) is 7.18. The SMILES string of the molecule is C=C/C=C(\C=C/C)C1=NNC(=C)C(C(=O)NCc2cccc(C)c2)=C1. The highest BCUT2D eigenvalue weighted by molar-refractivity contribution is 6.16. The topological polar surface area (TPSA) is 53.5 Å². The first-order valence-electron chi connectivity index (χ1n) is 8.09. The zero-order valence-corrected chi connectivity index (χ0v) is 14.7. The van der Waals surface area contributed by atoms with Crippen LogP contribution in [0.5, 0.6) is 0 Å². The first kappa shape index (κ1) is 18.2. The number of aryl methyl sites for hydroxylation is 1. The highest BCUT2D eigenvalue weighted by Gasteiger charge is 2.18. The van der Waals surface area contributed by atoms with Gasteiger partial charge in [-0.05, 0) is 25.5 Å². The highest BCUT2D eigenvalue weighted by Crippen LogP contribution is 2.15. The number of hydrogen-bond acceptors (Lipinski definition) is 3. The minimum absolute atomic E-state index is 0.190. The van der Waals surface area contributed by atoms with Crippen LogP contribution >= 0.6 is 0 Å². The van der Waals surface area contributed by atoms with Gasteiger partial charge in [0.15, 0.2) is 0 Å². The maximum absolute atomic E-state index is 12.6.